The number of sulfone groups is 1. The van der Waals surface area contributed by atoms with Gasteiger partial charge >= 0.3 is 5.97 Å². The summed E-state index contributed by atoms with van der Waals surface area (Å²) in [6, 6.07) is 2.75. The first-order valence-corrected chi connectivity index (χ1v) is 6.08. The van der Waals surface area contributed by atoms with E-state index in [9.17, 15) is 17.6 Å². The van der Waals surface area contributed by atoms with Crippen molar-refractivity contribution in [2.45, 2.75) is 24.0 Å². The van der Waals surface area contributed by atoms with Crippen molar-refractivity contribution in [3.05, 3.63) is 29.6 Å². The highest BCUT2D eigenvalue weighted by Crippen LogP contribution is 2.19. The third-order valence-corrected chi connectivity index (χ3v) is 4.27. The van der Waals surface area contributed by atoms with E-state index in [4.69, 9.17) is 5.11 Å². The lowest BCUT2D eigenvalue weighted by molar-refractivity contribution is 0.0691. The van der Waals surface area contributed by atoms with E-state index in [1.54, 1.807) is 0 Å². The molecule has 0 spiro atoms. The van der Waals surface area contributed by atoms with E-state index in [1.807, 2.05) is 0 Å². The lowest BCUT2D eigenvalue weighted by Crippen LogP contribution is -2.15. The van der Waals surface area contributed by atoms with Gasteiger partial charge in [-0.3, -0.25) is 0 Å². The van der Waals surface area contributed by atoms with E-state index in [-0.39, 0.29) is 4.90 Å². The first-order valence-electron chi connectivity index (χ1n) is 4.53. The van der Waals surface area contributed by atoms with Crippen molar-refractivity contribution in [2.24, 2.45) is 0 Å². The second-order valence-electron chi connectivity index (χ2n) is 3.54. The Labute approximate surface area is 92.6 Å². The van der Waals surface area contributed by atoms with E-state index in [2.05, 4.69) is 0 Å². The summed E-state index contributed by atoms with van der Waals surface area (Å²) in [6.07, 6.45) is 0. The van der Waals surface area contributed by atoms with Crippen LogP contribution < -0.4 is 0 Å². The molecular weight excluding hydrogens is 235 g/mol. The second kappa shape index (κ2) is 4.21. The fourth-order valence-corrected chi connectivity index (χ4v) is 2.20. The quantitative estimate of drug-likeness (QED) is 0.824. The molecule has 0 fully saturated rings. The van der Waals surface area contributed by atoms with Crippen LogP contribution in [0.2, 0.25) is 0 Å². The van der Waals surface area contributed by atoms with Crippen molar-refractivity contribution in [3.8, 4) is 0 Å². The Morgan fingerprint density at radius 1 is 1.38 bits per heavy atom. The number of carboxylic acids is 1. The molecule has 6 heteroatoms. The number of rotatable bonds is 3. The maximum Gasteiger partial charge on any atom is 0.338 e. The fourth-order valence-electron chi connectivity index (χ4n) is 1.12. The Hall–Kier alpha value is -1.43. The number of halogens is 1. The monoisotopic (exact) mass is 246 g/mol. The Morgan fingerprint density at radius 3 is 2.38 bits per heavy atom. The van der Waals surface area contributed by atoms with Crippen LogP contribution in [0.5, 0.6) is 0 Å². The predicted molar refractivity (Wildman–Crippen MR) is 55.7 cm³/mol. The van der Waals surface area contributed by atoms with Gasteiger partial charge in [0, 0.05) is 0 Å². The van der Waals surface area contributed by atoms with Crippen LogP contribution in [0, 0.1) is 5.82 Å². The van der Waals surface area contributed by atoms with Crippen molar-refractivity contribution in [2.75, 3.05) is 0 Å². The smallest absolute Gasteiger partial charge is 0.338 e. The zero-order chi connectivity index (χ0) is 12.5. The van der Waals surface area contributed by atoms with Gasteiger partial charge in [0.2, 0.25) is 0 Å². The molecule has 0 amide bonds. The molecule has 0 saturated carbocycles. The minimum Gasteiger partial charge on any atom is -0.478 e. The van der Waals surface area contributed by atoms with E-state index < -0.39 is 32.4 Å². The van der Waals surface area contributed by atoms with Crippen molar-refractivity contribution < 1.29 is 22.7 Å². The summed E-state index contributed by atoms with van der Waals surface area (Å²) in [7, 11) is -3.58. The number of hydrogen-bond donors (Lipinski definition) is 1. The van der Waals surface area contributed by atoms with Crippen LogP contribution in [0.4, 0.5) is 4.39 Å². The number of aromatic carboxylic acids is 1. The first-order chi connectivity index (χ1) is 7.26. The van der Waals surface area contributed by atoms with Crippen LogP contribution in [0.15, 0.2) is 23.1 Å². The Morgan fingerprint density at radius 2 is 1.94 bits per heavy atom. The average molecular weight is 246 g/mol. The minimum atomic E-state index is -3.58. The maximum absolute atomic E-state index is 13.0. The molecule has 0 heterocycles. The summed E-state index contributed by atoms with van der Waals surface area (Å²) in [6.45, 7) is 2.94. The van der Waals surface area contributed by atoms with E-state index in [1.165, 1.54) is 13.8 Å². The minimum absolute atomic E-state index is 0.179. The van der Waals surface area contributed by atoms with Gasteiger partial charge in [-0.15, -0.1) is 0 Å². The SMILES string of the molecule is CC(C)S(=O)(=O)c1ccc(F)c(C(=O)O)c1. The third-order valence-electron chi connectivity index (χ3n) is 2.12. The van der Waals surface area contributed by atoms with Gasteiger partial charge < -0.3 is 5.11 Å². The molecule has 0 aromatic heterocycles. The molecule has 0 bridgehead atoms. The molecular formula is C10H11FO4S. The average Bonchev–Trinajstić information content (AvgIpc) is 2.17. The third kappa shape index (κ3) is 2.21. The van der Waals surface area contributed by atoms with Crippen molar-refractivity contribution in [1.82, 2.24) is 0 Å². The zero-order valence-electron chi connectivity index (χ0n) is 8.77. The van der Waals surface area contributed by atoms with Crippen LogP contribution in [-0.2, 0) is 9.84 Å². The van der Waals surface area contributed by atoms with Gasteiger partial charge in [-0.05, 0) is 32.0 Å². The molecule has 1 aromatic carbocycles. The summed E-state index contributed by atoms with van der Waals surface area (Å²) in [5.74, 6) is -2.44. The first kappa shape index (κ1) is 12.6. The lowest BCUT2D eigenvalue weighted by Gasteiger charge is -2.08. The van der Waals surface area contributed by atoms with Crippen molar-refractivity contribution >= 4 is 15.8 Å². The summed E-state index contributed by atoms with van der Waals surface area (Å²) in [5, 5.41) is 7.98. The van der Waals surface area contributed by atoms with Crippen LogP contribution in [0.3, 0.4) is 0 Å². The number of carboxylic acid groups (broad SMARTS) is 1. The summed E-state index contributed by atoms with van der Waals surface area (Å²) < 4.78 is 36.4. The van der Waals surface area contributed by atoms with Gasteiger partial charge in [-0.2, -0.15) is 0 Å². The number of hydrogen-bond acceptors (Lipinski definition) is 3. The van der Waals surface area contributed by atoms with Gasteiger partial charge in [0.05, 0.1) is 15.7 Å². The summed E-state index contributed by atoms with van der Waals surface area (Å²) in [4.78, 5) is 10.5. The van der Waals surface area contributed by atoms with Gasteiger partial charge in [-0.1, -0.05) is 0 Å². The van der Waals surface area contributed by atoms with Crippen LogP contribution in [-0.4, -0.2) is 24.7 Å². The van der Waals surface area contributed by atoms with Crippen LogP contribution >= 0.6 is 0 Å². The topological polar surface area (TPSA) is 71.4 Å². The van der Waals surface area contributed by atoms with Gasteiger partial charge in [-0.25, -0.2) is 17.6 Å². The number of benzene rings is 1. The molecule has 88 valence electrons. The molecule has 0 atom stereocenters. The van der Waals surface area contributed by atoms with Crippen molar-refractivity contribution in [1.29, 1.82) is 0 Å². The van der Waals surface area contributed by atoms with E-state index in [0.29, 0.717) is 0 Å². The van der Waals surface area contributed by atoms with E-state index in [0.717, 1.165) is 18.2 Å². The normalized spacial score (nSPS) is 11.8. The Bertz CT molecular complexity index is 520. The standard InChI is InChI=1S/C10H11FO4S/c1-6(2)16(14,15)7-3-4-9(11)8(5-7)10(12)13/h3-6H,1-2H3,(H,12,13). The molecule has 1 rings (SSSR count). The molecule has 1 aromatic rings. The molecule has 1 N–H and O–H groups in total. The predicted octanol–water partition coefficient (Wildman–Crippen LogP) is 1.71. The molecule has 0 aliphatic carbocycles. The highest BCUT2D eigenvalue weighted by molar-refractivity contribution is 7.92. The molecule has 16 heavy (non-hydrogen) atoms. The number of carbonyl (C=O) groups is 1. The molecule has 0 aliphatic rings. The zero-order valence-corrected chi connectivity index (χ0v) is 9.58. The van der Waals surface area contributed by atoms with Crippen LogP contribution in [0.1, 0.15) is 24.2 Å². The summed E-state index contributed by atoms with van der Waals surface area (Å²) in [5.41, 5.74) is -0.637. The van der Waals surface area contributed by atoms with Gasteiger partial charge in [0.25, 0.3) is 0 Å². The van der Waals surface area contributed by atoms with Crippen molar-refractivity contribution in [3.63, 3.8) is 0 Å². The molecule has 4 nitrogen and oxygen atoms in total. The van der Waals surface area contributed by atoms with Gasteiger partial charge in [0.1, 0.15) is 5.82 Å². The van der Waals surface area contributed by atoms with Gasteiger partial charge in [0.15, 0.2) is 9.84 Å². The highest BCUT2D eigenvalue weighted by atomic mass is 32.2. The lowest BCUT2D eigenvalue weighted by atomic mass is 10.2. The molecule has 0 unspecified atom stereocenters. The second-order valence-corrected chi connectivity index (χ2v) is 6.04. The van der Waals surface area contributed by atoms with Crippen LogP contribution in [0.25, 0.3) is 0 Å². The summed E-state index contributed by atoms with van der Waals surface area (Å²) >= 11 is 0. The fraction of sp³-hybridized carbons (Fsp3) is 0.300. The molecule has 0 aliphatic heterocycles. The molecule has 0 saturated heterocycles. The van der Waals surface area contributed by atoms with E-state index >= 15 is 0 Å². The largest absolute Gasteiger partial charge is 0.478 e. The maximum atomic E-state index is 13.0. The Balaban J connectivity index is 3.40. The molecule has 0 radical (unpaired) electrons. The highest BCUT2D eigenvalue weighted by Gasteiger charge is 2.22. The Kier molecular flexibility index (Phi) is 3.32.